The summed E-state index contributed by atoms with van der Waals surface area (Å²) in [6.07, 6.45) is 0. The molecule has 2 rings (SSSR count). The van der Waals surface area contributed by atoms with Gasteiger partial charge in [-0.2, -0.15) is 0 Å². The van der Waals surface area contributed by atoms with E-state index >= 15 is 0 Å². The minimum Gasteiger partial charge on any atom is -0.508 e. The number of phenolic OH excluding ortho intramolecular Hbond substituents is 1. The van der Waals surface area contributed by atoms with E-state index in [0.29, 0.717) is 16.9 Å². The maximum Gasteiger partial charge on any atom is 0.311 e. The van der Waals surface area contributed by atoms with Crippen LogP contribution in [0.2, 0.25) is 0 Å². The number of hydrogen-bond acceptors (Lipinski definition) is 4. The lowest BCUT2D eigenvalue weighted by atomic mass is 9.76. The molecule has 122 valence electrons. The first kappa shape index (κ1) is 16.8. The molecule has 2 aromatic rings. The Labute approximate surface area is 135 Å². The van der Waals surface area contributed by atoms with Gasteiger partial charge in [0, 0.05) is 0 Å². The second-order valence-electron chi connectivity index (χ2n) is 6.62. The van der Waals surface area contributed by atoms with Gasteiger partial charge < -0.3 is 10.2 Å². The lowest BCUT2D eigenvalue weighted by Crippen LogP contribution is -2.28. The Bertz CT molecular complexity index is 690. The van der Waals surface area contributed by atoms with Gasteiger partial charge in [0.2, 0.25) is 0 Å². The maximum absolute atomic E-state index is 11.7. The number of nitrogens with two attached hydrogens (primary N) is 1. The molecule has 1 unspecified atom stereocenters. The molecule has 0 saturated heterocycles. The Balaban J connectivity index is 2.39. The van der Waals surface area contributed by atoms with Gasteiger partial charge in [-0.15, -0.1) is 0 Å². The van der Waals surface area contributed by atoms with E-state index in [1.165, 1.54) is 5.01 Å². The van der Waals surface area contributed by atoms with Crippen LogP contribution in [0.25, 0.3) is 0 Å². The van der Waals surface area contributed by atoms with Gasteiger partial charge in [-0.05, 0) is 47.4 Å². The molecule has 0 radical (unpaired) electrons. The van der Waals surface area contributed by atoms with Crippen molar-refractivity contribution in [3.8, 4) is 5.75 Å². The first-order valence-corrected chi connectivity index (χ1v) is 7.37. The van der Waals surface area contributed by atoms with Gasteiger partial charge >= 0.3 is 5.97 Å². The fraction of sp³-hybridized carbons (Fsp3) is 0.278. The third-order valence-electron chi connectivity index (χ3n) is 3.72. The molecule has 5 heteroatoms. The van der Waals surface area contributed by atoms with Gasteiger partial charge in [0.05, 0.1) is 17.3 Å². The Morgan fingerprint density at radius 1 is 1.09 bits per heavy atom. The van der Waals surface area contributed by atoms with E-state index in [-0.39, 0.29) is 5.75 Å². The SMILES string of the molecule is CC(C)(C)C(C(=O)O)c1cccc(N(N)c2ccc(O)cc2)c1. The summed E-state index contributed by atoms with van der Waals surface area (Å²) in [5, 5.41) is 20.4. The van der Waals surface area contributed by atoms with Crippen LogP contribution in [0.3, 0.4) is 0 Å². The Morgan fingerprint density at radius 2 is 1.70 bits per heavy atom. The van der Waals surface area contributed by atoms with Crippen LogP contribution in [0.1, 0.15) is 32.3 Å². The summed E-state index contributed by atoms with van der Waals surface area (Å²) in [7, 11) is 0. The van der Waals surface area contributed by atoms with Gasteiger partial charge in [0.25, 0.3) is 0 Å². The van der Waals surface area contributed by atoms with Gasteiger partial charge in [-0.3, -0.25) is 9.80 Å². The summed E-state index contributed by atoms with van der Waals surface area (Å²) in [5.74, 6) is 4.80. The van der Waals surface area contributed by atoms with Crippen molar-refractivity contribution in [2.24, 2.45) is 11.3 Å². The number of benzene rings is 2. The number of aromatic hydroxyl groups is 1. The molecule has 0 heterocycles. The lowest BCUT2D eigenvalue weighted by Gasteiger charge is -2.28. The molecule has 0 aliphatic carbocycles. The van der Waals surface area contributed by atoms with Crippen LogP contribution in [0.4, 0.5) is 11.4 Å². The number of hydrogen-bond donors (Lipinski definition) is 3. The molecule has 0 fully saturated rings. The Morgan fingerprint density at radius 3 is 2.22 bits per heavy atom. The Kier molecular flexibility index (Phi) is 4.61. The monoisotopic (exact) mass is 314 g/mol. The topological polar surface area (TPSA) is 86.8 Å². The molecule has 0 aliphatic heterocycles. The van der Waals surface area contributed by atoms with Crippen LogP contribution < -0.4 is 10.9 Å². The van der Waals surface area contributed by atoms with Gasteiger partial charge in [0.1, 0.15) is 5.75 Å². The van der Waals surface area contributed by atoms with Gasteiger partial charge in [-0.25, -0.2) is 5.84 Å². The predicted molar refractivity (Wildman–Crippen MR) is 90.7 cm³/mol. The summed E-state index contributed by atoms with van der Waals surface area (Å²) in [5.41, 5.74) is 1.67. The van der Waals surface area contributed by atoms with Crippen LogP contribution in [0.15, 0.2) is 48.5 Å². The van der Waals surface area contributed by atoms with Crippen molar-refractivity contribution in [3.63, 3.8) is 0 Å². The summed E-state index contributed by atoms with van der Waals surface area (Å²) >= 11 is 0. The summed E-state index contributed by atoms with van der Waals surface area (Å²) < 4.78 is 0. The smallest absolute Gasteiger partial charge is 0.311 e. The van der Waals surface area contributed by atoms with E-state index in [1.54, 1.807) is 42.5 Å². The number of carboxylic acid groups (broad SMARTS) is 1. The van der Waals surface area contributed by atoms with E-state index in [2.05, 4.69) is 0 Å². The zero-order valence-corrected chi connectivity index (χ0v) is 13.5. The first-order chi connectivity index (χ1) is 10.7. The van der Waals surface area contributed by atoms with Crippen molar-refractivity contribution in [1.82, 2.24) is 0 Å². The zero-order chi connectivity index (χ0) is 17.2. The largest absolute Gasteiger partial charge is 0.508 e. The van der Waals surface area contributed by atoms with Gasteiger partial charge in [0.15, 0.2) is 0 Å². The third kappa shape index (κ3) is 3.81. The van der Waals surface area contributed by atoms with Crippen LogP contribution in [0, 0.1) is 5.41 Å². The van der Waals surface area contributed by atoms with Crippen molar-refractivity contribution in [1.29, 1.82) is 0 Å². The highest BCUT2D eigenvalue weighted by Gasteiger charge is 2.32. The number of phenols is 1. The standard InChI is InChI=1S/C18H22N2O3/c1-18(2,3)16(17(22)23)12-5-4-6-14(11-12)20(19)13-7-9-15(21)10-8-13/h4-11,16,21H,19H2,1-3H3,(H,22,23). The second kappa shape index (κ2) is 6.30. The molecule has 0 spiro atoms. The maximum atomic E-state index is 11.7. The quantitative estimate of drug-likeness (QED) is 0.592. The van der Waals surface area contributed by atoms with Crippen molar-refractivity contribution in [3.05, 3.63) is 54.1 Å². The highest BCUT2D eigenvalue weighted by atomic mass is 16.4. The van der Waals surface area contributed by atoms with E-state index in [9.17, 15) is 15.0 Å². The summed E-state index contributed by atoms with van der Waals surface area (Å²) in [6, 6.07) is 13.7. The molecule has 4 N–H and O–H groups in total. The molecule has 2 aromatic carbocycles. The third-order valence-corrected chi connectivity index (χ3v) is 3.72. The van der Waals surface area contributed by atoms with Crippen LogP contribution in [0.5, 0.6) is 5.75 Å². The van der Waals surface area contributed by atoms with Crippen LogP contribution in [-0.2, 0) is 4.79 Å². The fourth-order valence-electron chi connectivity index (χ4n) is 2.63. The number of carbonyl (C=O) groups is 1. The van der Waals surface area contributed by atoms with Crippen LogP contribution >= 0.6 is 0 Å². The van der Waals surface area contributed by atoms with Gasteiger partial charge in [-0.1, -0.05) is 32.9 Å². The molecule has 23 heavy (non-hydrogen) atoms. The zero-order valence-electron chi connectivity index (χ0n) is 13.5. The fourth-order valence-corrected chi connectivity index (χ4v) is 2.63. The number of anilines is 2. The Hall–Kier alpha value is -2.53. The molecule has 0 saturated carbocycles. The number of aliphatic carboxylic acids is 1. The van der Waals surface area contributed by atoms with Crippen molar-refractivity contribution in [2.75, 3.05) is 5.01 Å². The van der Waals surface area contributed by atoms with E-state index < -0.39 is 17.3 Å². The van der Waals surface area contributed by atoms with E-state index in [1.807, 2.05) is 26.8 Å². The van der Waals surface area contributed by atoms with Crippen LogP contribution in [-0.4, -0.2) is 16.2 Å². The molecule has 0 amide bonds. The molecule has 0 aromatic heterocycles. The number of rotatable bonds is 4. The first-order valence-electron chi connectivity index (χ1n) is 7.37. The number of carboxylic acids is 1. The molecule has 0 aliphatic rings. The average Bonchev–Trinajstić information content (AvgIpc) is 2.46. The minimum atomic E-state index is -0.858. The normalized spacial score (nSPS) is 12.7. The van der Waals surface area contributed by atoms with Crippen molar-refractivity contribution >= 4 is 17.3 Å². The molecular weight excluding hydrogens is 292 g/mol. The second-order valence-corrected chi connectivity index (χ2v) is 6.62. The lowest BCUT2D eigenvalue weighted by molar-refractivity contribution is -0.141. The summed E-state index contributed by atoms with van der Waals surface area (Å²) in [4.78, 5) is 11.7. The van der Waals surface area contributed by atoms with E-state index in [4.69, 9.17) is 5.84 Å². The summed E-state index contributed by atoms with van der Waals surface area (Å²) in [6.45, 7) is 5.70. The predicted octanol–water partition coefficient (Wildman–Crippen LogP) is 3.62. The van der Waals surface area contributed by atoms with Crippen molar-refractivity contribution < 1.29 is 15.0 Å². The minimum absolute atomic E-state index is 0.162. The number of hydrazine groups is 1. The molecule has 1 atom stereocenters. The average molecular weight is 314 g/mol. The molecule has 5 nitrogen and oxygen atoms in total. The number of nitrogens with zero attached hydrogens (tertiary/aromatic N) is 1. The highest BCUT2D eigenvalue weighted by Crippen LogP contribution is 2.37. The van der Waals surface area contributed by atoms with Crippen molar-refractivity contribution in [2.45, 2.75) is 26.7 Å². The molecular formula is C18H22N2O3. The molecule has 0 bridgehead atoms. The highest BCUT2D eigenvalue weighted by molar-refractivity contribution is 5.78. The van der Waals surface area contributed by atoms with E-state index in [0.717, 1.165) is 0 Å².